The number of hydrogen-bond donors (Lipinski definition) is 1. The molecule has 0 bridgehead atoms. The van der Waals surface area contributed by atoms with Crippen LogP contribution in [-0.4, -0.2) is 24.3 Å². The molecular weight excluding hydrogens is 139 g/mol. The Morgan fingerprint density at radius 2 is 1.57 bits per heavy atom. The Labute approximate surface area is 53.0 Å². The van der Waals surface area contributed by atoms with Crippen molar-refractivity contribution < 1.29 is 9.84 Å². The minimum atomic E-state index is 0.184. The summed E-state index contributed by atoms with van der Waals surface area (Å²) in [6.45, 7) is 0. The second-order valence-electron chi connectivity index (χ2n) is 0.422. The molecule has 0 aromatic rings. The minimum absolute atomic E-state index is 0.184. The Hall–Kier alpha value is 0.500. The molecule has 4 heteroatoms. The van der Waals surface area contributed by atoms with Crippen LogP contribution in [0.1, 0.15) is 0 Å². The van der Waals surface area contributed by atoms with Crippen molar-refractivity contribution in [2.75, 3.05) is 19.2 Å². The molecule has 0 aliphatic carbocycles. The van der Waals surface area contributed by atoms with Gasteiger partial charge in [-0.1, -0.05) is 23.2 Å². The quantitative estimate of drug-likeness (QED) is 0.590. The lowest BCUT2D eigenvalue weighted by Gasteiger charge is -1.82. The second kappa shape index (κ2) is 16.1. The molecule has 0 amide bonds. The minimum Gasteiger partial charge on any atom is -0.400 e. The normalized spacial score (nSPS) is 6.86. The molecule has 7 heavy (non-hydrogen) atoms. The van der Waals surface area contributed by atoms with E-state index < -0.39 is 0 Å². The Balaban J connectivity index is 0. The third-order valence-electron chi connectivity index (χ3n) is 0.154. The molecule has 0 saturated heterocycles. The Bertz CT molecular complexity index is 18.4. The molecule has 0 saturated carbocycles. The first-order chi connectivity index (χ1) is 3.41. The van der Waals surface area contributed by atoms with Gasteiger partial charge in [-0.15, -0.1) is 0 Å². The van der Waals surface area contributed by atoms with Gasteiger partial charge in [-0.3, -0.25) is 0 Å². The summed E-state index contributed by atoms with van der Waals surface area (Å²) >= 11 is 9.99. The molecular formula is C3H8Cl2O2. The van der Waals surface area contributed by atoms with Crippen LogP contribution in [-0.2, 0) is 4.74 Å². The maximum absolute atomic E-state index is 7.00. The van der Waals surface area contributed by atoms with E-state index in [9.17, 15) is 0 Å². The zero-order chi connectivity index (χ0) is 6.12. The second-order valence-corrected chi connectivity index (χ2v) is 0.859. The average molecular weight is 147 g/mol. The first kappa shape index (κ1) is 10.5. The highest BCUT2D eigenvalue weighted by atomic mass is 35.5. The van der Waals surface area contributed by atoms with Crippen LogP contribution in [0.3, 0.4) is 0 Å². The molecule has 0 aromatic carbocycles. The maximum atomic E-state index is 7.00. The molecule has 0 aliphatic heterocycles. The lowest BCUT2D eigenvalue weighted by Crippen LogP contribution is -1.78. The summed E-state index contributed by atoms with van der Waals surface area (Å²) in [5.41, 5.74) is 0. The van der Waals surface area contributed by atoms with Gasteiger partial charge in [-0.2, -0.15) is 0 Å². The predicted molar refractivity (Wildman–Crippen MR) is 30.7 cm³/mol. The zero-order valence-corrected chi connectivity index (χ0v) is 5.54. The van der Waals surface area contributed by atoms with Gasteiger partial charge in [0.25, 0.3) is 0 Å². The number of rotatable bonds is 2. The van der Waals surface area contributed by atoms with Crippen molar-refractivity contribution in [2.45, 2.75) is 0 Å². The summed E-state index contributed by atoms with van der Waals surface area (Å²) in [5.74, 6) is 0. The lowest BCUT2D eigenvalue weighted by molar-refractivity contribution is 0.232. The molecule has 0 aromatic heterocycles. The van der Waals surface area contributed by atoms with Crippen LogP contribution in [0, 0.1) is 0 Å². The highest BCUT2D eigenvalue weighted by Gasteiger charge is 1.68. The van der Waals surface area contributed by atoms with E-state index in [0.717, 1.165) is 7.11 Å². The van der Waals surface area contributed by atoms with Gasteiger partial charge in [-0.25, -0.2) is 0 Å². The summed E-state index contributed by atoms with van der Waals surface area (Å²) in [6, 6.07) is 0.368. The van der Waals surface area contributed by atoms with Gasteiger partial charge in [0, 0.05) is 7.11 Å². The van der Waals surface area contributed by atoms with E-state index in [0.29, 0.717) is 0 Å². The van der Waals surface area contributed by atoms with Crippen molar-refractivity contribution in [3.63, 3.8) is 0 Å². The molecule has 2 nitrogen and oxygen atoms in total. The summed E-state index contributed by atoms with van der Waals surface area (Å²) in [7, 11) is 1.00. The monoisotopic (exact) mass is 146 g/mol. The summed E-state index contributed by atoms with van der Waals surface area (Å²) in [5, 5.41) is 7.00. The standard InChI is InChI=1S/C2H4Cl2O.CH4O/c3-1-5-2-4;1-2/h1-2H2;2H,1H3. The fraction of sp³-hybridized carbons (Fsp3) is 1.00. The molecule has 0 fully saturated rings. The molecule has 46 valence electrons. The van der Waals surface area contributed by atoms with Crippen molar-refractivity contribution in [3.8, 4) is 0 Å². The van der Waals surface area contributed by atoms with E-state index in [4.69, 9.17) is 28.3 Å². The third-order valence-corrected chi connectivity index (χ3v) is 0.463. The fourth-order valence-electron chi connectivity index (χ4n) is 0.0292. The number of halogens is 2. The maximum Gasteiger partial charge on any atom is 0.122 e. The van der Waals surface area contributed by atoms with Gasteiger partial charge in [0.05, 0.1) is 0 Å². The molecule has 0 aliphatic rings. The summed E-state index contributed by atoms with van der Waals surface area (Å²) < 4.78 is 4.36. The Kier molecular flexibility index (Phi) is 24.0. The SMILES string of the molecule is CO.ClCOCCl. The highest BCUT2D eigenvalue weighted by Crippen LogP contribution is 1.79. The number of ether oxygens (including phenoxy) is 1. The van der Waals surface area contributed by atoms with Crippen LogP contribution < -0.4 is 0 Å². The molecule has 1 N–H and O–H groups in total. The highest BCUT2D eigenvalue weighted by molar-refractivity contribution is 6.18. The third kappa shape index (κ3) is 21.1. The first-order valence-electron chi connectivity index (χ1n) is 1.56. The van der Waals surface area contributed by atoms with Gasteiger partial charge in [0.1, 0.15) is 12.1 Å². The number of aliphatic hydroxyl groups is 1. The van der Waals surface area contributed by atoms with E-state index in [2.05, 4.69) is 4.74 Å². The van der Waals surface area contributed by atoms with Crippen LogP contribution in [0.15, 0.2) is 0 Å². The van der Waals surface area contributed by atoms with E-state index in [1.165, 1.54) is 0 Å². The fourth-order valence-corrected chi connectivity index (χ4v) is 0.262. The zero-order valence-electron chi connectivity index (χ0n) is 4.03. The number of aliphatic hydroxyl groups excluding tert-OH is 1. The van der Waals surface area contributed by atoms with Gasteiger partial charge in [-0.05, 0) is 0 Å². The largest absolute Gasteiger partial charge is 0.400 e. The van der Waals surface area contributed by atoms with Crippen molar-refractivity contribution >= 4 is 23.2 Å². The summed E-state index contributed by atoms with van der Waals surface area (Å²) in [4.78, 5) is 0. The Morgan fingerprint density at radius 1 is 1.29 bits per heavy atom. The van der Waals surface area contributed by atoms with E-state index >= 15 is 0 Å². The van der Waals surface area contributed by atoms with Crippen LogP contribution in [0.25, 0.3) is 0 Å². The first-order valence-corrected chi connectivity index (χ1v) is 2.63. The smallest absolute Gasteiger partial charge is 0.122 e. The van der Waals surface area contributed by atoms with Crippen LogP contribution >= 0.6 is 23.2 Å². The van der Waals surface area contributed by atoms with E-state index in [1.807, 2.05) is 0 Å². The lowest BCUT2D eigenvalue weighted by atomic mass is 11.5. The molecule has 0 unspecified atom stereocenters. The van der Waals surface area contributed by atoms with Gasteiger partial charge in [0.2, 0.25) is 0 Å². The summed E-state index contributed by atoms with van der Waals surface area (Å²) in [6.07, 6.45) is 0. The molecule has 0 radical (unpaired) electrons. The van der Waals surface area contributed by atoms with Crippen molar-refractivity contribution in [2.24, 2.45) is 0 Å². The molecule has 0 spiro atoms. The van der Waals surface area contributed by atoms with Crippen LogP contribution in [0.4, 0.5) is 0 Å². The Morgan fingerprint density at radius 3 is 1.57 bits per heavy atom. The van der Waals surface area contributed by atoms with E-state index in [1.54, 1.807) is 0 Å². The molecule has 0 heterocycles. The topological polar surface area (TPSA) is 29.5 Å². The average Bonchev–Trinajstić information content (AvgIpc) is 1.75. The van der Waals surface area contributed by atoms with Gasteiger partial charge < -0.3 is 9.84 Å². The van der Waals surface area contributed by atoms with Crippen molar-refractivity contribution in [1.82, 2.24) is 0 Å². The van der Waals surface area contributed by atoms with Crippen LogP contribution in [0.2, 0.25) is 0 Å². The van der Waals surface area contributed by atoms with Gasteiger partial charge in [0.15, 0.2) is 0 Å². The number of alkyl halides is 2. The van der Waals surface area contributed by atoms with Crippen LogP contribution in [0.5, 0.6) is 0 Å². The molecule has 0 atom stereocenters. The van der Waals surface area contributed by atoms with Gasteiger partial charge >= 0.3 is 0 Å². The predicted octanol–water partition coefficient (Wildman–Crippen LogP) is 1.00. The number of hydrogen-bond acceptors (Lipinski definition) is 2. The van der Waals surface area contributed by atoms with Crippen molar-refractivity contribution in [1.29, 1.82) is 0 Å². The van der Waals surface area contributed by atoms with Crippen molar-refractivity contribution in [3.05, 3.63) is 0 Å². The molecule has 0 rings (SSSR count). The van der Waals surface area contributed by atoms with E-state index in [-0.39, 0.29) is 12.1 Å².